The molecule has 1 aromatic carbocycles. The third-order valence-electron chi connectivity index (χ3n) is 2.04. The maximum absolute atomic E-state index is 5.94. The fourth-order valence-corrected chi connectivity index (χ4v) is 1.58. The SMILES string of the molecule is CC#CCOc1ccc(Cl)cc1CC(C)N. The summed E-state index contributed by atoms with van der Waals surface area (Å²) in [5.74, 6) is 6.45. The summed E-state index contributed by atoms with van der Waals surface area (Å²) in [4.78, 5) is 0. The first-order valence-corrected chi connectivity index (χ1v) is 5.57. The molecular formula is C13H16ClNO. The lowest BCUT2D eigenvalue weighted by molar-refractivity contribution is 0.365. The van der Waals surface area contributed by atoms with Crippen molar-refractivity contribution in [3.63, 3.8) is 0 Å². The Morgan fingerprint density at radius 3 is 2.88 bits per heavy atom. The van der Waals surface area contributed by atoms with Gasteiger partial charge in [-0.2, -0.15) is 0 Å². The van der Waals surface area contributed by atoms with Gasteiger partial charge in [-0.05, 0) is 44.0 Å². The number of hydrogen-bond acceptors (Lipinski definition) is 2. The van der Waals surface area contributed by atoms with Gasteiger partial charge in [-0.3, -0.25) is 0 Å². The fourth-order valence-electron chi connectivity index (χ4n) is 1.38. The predicted molar refractivity (Wildman–Crippen MR) is 67.8 cm³/mol. The minimum atomic E-state index is 0.0816. The van der Waals surface area contributed by atoms with Crippen molar-refractivity contribution in [2.45, 2.75) is 26.3 Å². The number of nitrogens with two attached hydrogens (primary N) is 1. The molecule has 0 amide bonds. The lowest BCUT2D eigenvalue weighted by Crippen LogP contribution is -2.18. The lowest BCUT2D eigenvalue weighted by Gasteiger charge is -2.11. The van der Waals surface area contributed by atoms with Crippen molar-refractivity contribution in [1.29, 1.82) is 0 Å². The summed E-state index contributed by atoms with van der Waals surface area (Å²) in [6.45, 7) is 4.13. The standard InChI is InChI=1S/C13H16ClNO/c1-3-4-7-16-13-6-5-12(14)9-11(13)8-10(2)15/h5-6,9-10H,7-8,15H2,1-2H3. The van der Waals surface area contributed by atoms with E-state index >= 15 is 0 Å². The highest BCUT2D eigenvalue weighted by Crippen LogP contribution is 2.23. The van der Waals surface area contributed by atoms with Gasteiger partial charge in [-0.15, -0.1) is 5.92 Å². The minimum absolute atomic E-state index is 0.0816. The highest BCUT2D eigenvalue weighted by atomic mass is 35.5. The predicted octanol–water partition coefficient (Wildman–Crippen LogP) is 2.63. The van der Waals surface area contributed by atoms with Crippen LogP contribution in [-0.2, 0) is 6.42 Å². The Morgan fingerprint density at radius 2 is 2.25 bits per heavy atom. The van der Waals surface area contributed by atoms with E-state index in [1.165, 1.54) is 0 Å². The third kappa shape index (κ3) is 4.14. The third-order valence-corrected chi connectivity index (χ3v) is 2.28. The first-order valence-electron chi connectivity index (χ1n) is 5.20. The van der Waals surface area contributed by atoms with E-state index in [1.807, 2.05) is 19.1 Å². The van der Waals surface area contributed by atoms with Crippen LogP contribution in [-0.4, -0.2) is 12.6 Å². The molecule has 0 aliphatic heterocycles. The van der Waals surface area contributed by atoms with Crippen LogP contribution in [0.25, 0.3) is 0 Å². The Bertz CT molecular complexity index is 404. The zero-order valence-electron chi connectivity index (χ0n) is 9.59. The molecule has 0 bridgehead atoms. The molecule has 0 aromatic heterocycles. The van der Waals surface area contributed by atoms with Crippen LogP contribution in [0.3, 0.4) is 0 Å². The first-order chi connectivity index (χ1) is 7.63. The Morgan fingerprint density at radius 1 is 1.50 bits per heavy atom. The molecule has 0 saturated heterocycles. The number of halogens is 1. The molecule has 1 unspecified atom stereocenters. The molecule has 1 atom stereocenters. The van der Waals surface area contributed by atoms with E-state index in [0.717, 1.165) is 17.7 Å². The smallest absolute Gasteiger partial charge is 0.149 e. The average Bonchev–Trinajstić information content (AvgIpc) is 2.20. The number of rotatable bonds is 4. The largest absolute Gasteiger partial charge is 0.481 e. The van der Waals surface area contributed by atoms with Crippen LogP contribution >= 0.6 is 11.6 Å². The molecule has 3 heteroatoms. The molecule has 0 aliphatic carbocycles. The van der Waals surface area contributed by atoms with E-state index in [0.29, 0.717) is 11.6 Å². The Hall–Kier alpha value is -1.17. The monoisotopic (exact) mass is 237 g/mol. The number of hydrogen-bond donors (Lipinski definition) is 1. The Labute approximate surface area is 102 Å². The zero-order valence-corrected chi connectivity index (χ0v) is 10.3. The van der Waals surface area contributed by atoms with E-state index in [9.17, 15) is 0 Å². The molecule has 0 radical (unpaired) electrons. The molecule has 16 heavy (non-hydrogen) atoms. The summed E-state index contributed by atoms with van der Waals surface area (Å²) in [5, 5.41) is 0.699. The molecule has 0 spiro atoms. The molecule has 1 aromatic rings. The summed E-state index contributed by atoms with van der Waals surface area (Å²) in [5.41, 5.74) is 6.80. The molecule has 2 N–H and O–H groups in total. The Kier molecular flexibility index (Phi) is 5.18. The van der Waals surface area contributed by atoms with Gasteiger partial charge in [-0.1, -0.05) is 17.5 Å². The van der Waals surface area contributed by atoms with Crippen molar-refractivity contribution in [2.75, 3.05) is 6.61 Å². The second kappa shape index (κ2) is 6.42. The van der Waals surface area contributed by atoms with Crippen LogP contribution in [0.15, 0.2) is 18.2 Å². The normalized spacial score (nSPS) is 11.5. The van der Waals surface area contributed by atoms with E-state index in [4.69, 9.17) is 22.1 Å². The second-order valence-electron chi connectivity index (χ2n) is 3.65. The quantitative estimate of drug-likeness (QED) is 0.818. The minimum Gasteiger partial charge on any atom is -0.481 e. The van der Waals surface area contributed by atoms with Gasteiger partial charge in [-0.25, -0.2) is 0 Å². The molecule has 86 valence electrons. The number of ether oxygens (including phenoxy) is 1. The van der Waals surface area contributed by atoms with Crippen molar-refractivity contribution in [3.8, 4) is 17.6 Å². The van der Waals surface area contributed by atoms with Crippen LogP contribution in [0.1, 0.15) is 19.4 Å². The van der Waals surface area contributed by atoms with Crippen molar-refractivity contribution in [1.82, 2.24) is 0 Å². The molecule has 2 nitrogen and oxygen atoms in total. The molecule has 0 saturated carbocycles. The first kappa shape index (κ1) is 12.9. The summed E-state index contributed by atoms with van der Waals surface area (Å²) < 4.78 is 5.55. The molecular weight excluding hydrogens is 222 g/mol. The number of benzene rings is 1. The molecule has 1 rings (SSSR count). The van der Waals surface area contributed by atoms with Crippen molar-refractivity contribution in [2.24, 2.45) is 5.73 Å². The molecule has 0 fully saturated rings. The van der Waals surface area contributed by atoms with Gasteiger partial charge in [0.05, 0.1) is 0 Å². The van der Waals surface area contributed by atoms with Gasteiger partial charge in [0.15, 0.2) is 0 Å². The summed E-state index contributed by atoms with van der Waals surface area (Å²) >= 11 is 5.94. The van der Waals surface area contributed by atoms with E-state index in [1.54, 1.807) is 13.0 Å². The van der Waals surface area contributed by atoms with Crippen LogP contribution in [0, 0.1) is 11.8 Å². The fraction of sp³-hybridized carbons (Fsp3) is 0.385. The van der Waals surface area contributed by atoms with Gasteiger partial charge in [0.2, 0.25) is 0 Å². The van der Waals surface area contributed by atoms with E-state index < -0.39 is 0 Å². The van der Waals surface area contributed by atoms with E-state index in [2.05, 4.69) is 11.8 Å². The molecule has 0 heterocycles. The van der Waals surface area contributed by atoms with Gasteiger partial charge in [0.1, 0.15) is 12.4 Å². The maximum Gasteiger partial charge on any atom is 0.149 e. The highest BCUT2D eigenvalue weighted by Gasteiger charge is 2.06. The van der Waals surface area contributed by atoms with Gasteiger partial charge in [0, 0.05) is 11.1 Å². The highest BCUT2D eigenvalue weighted by molar-refractivity contribution is 6.30. The van der Waals surface area contributed by atoms with Gasteiger partial charge < -0.3 is 10.5 Å². The van der Waals surface area contributed by atoms with Crippen molar-refractivity contribution in [3.05, 3.63) is 28.8 Å². The van der Waals surface area contributed by atoms with E-state index in [-0.39, 0.29) is 6.04 Å². The summed E-state index contributed by atoms with van der Waals surface area (Å²) in [7, 11) is 0. The average molecular weight is 238 g/mol. The topological polar surface area (TPSA) is 35.2 Å². The summed E-state index contributed by atoms with van der Waals surface area (Å²) in [6, 6.07) is 5.64. The van der Waals surface area contributed by atoms with Crippen LogP contribution in [0.5, 0.6) is 5.75 Å². The lowest BCUT2D eigenvalue weighted by atomic mass is 10.1. The summed E-state index contributed by atoms with van der Waals surface area (Å²) in [6.07, 6.45) is 0.745. The Balaban J connectivity index is 2.83. The van der Waals surface area contributed by atoms with Crippen LogP contribution in [0.2, 0.25) is 5.02 Å². The zero-order chi connectivity index (χ0) is 12.0. The van der Waals surface area contributed by atoms with Gasteiger partial charge >= 0.3 is 0 Å². The second-order valence-corrected chi connectivity index (χ2v) is 4.09. The van der Waals surface area contributed by atoms with Crippen molar-refractivity contribution >= 4 is 11.6 Å². The van der Waals surface area contributed by atoms with Crippen LogP contribution < -0.4 is 10.5 Å². The maximum atomic E-state index is 5.94. The van der Waals surface area contributed by atoms with Crippen LogP contribution in [0.4, 0.5) is 0 Å². The molecule has 0 aliphatic rings. The van der Waals surface area contributed by atoms with Crippen molar-refractivity contribution < 1.29 is 4.74 Å². The van der Waals surface area contributed by atoms with Gasteiger partial charge in [0.25, 0.3) is 0 Å².